The molecule has 2 aromatic carbocycles. The number of carbonyl (C=O) groups is 2. The fourth-order valence-corrected chi connectivity index (χ4v) is 2.61. The van der Waals surface area contributed by atoms with Gasteiger partial charge in [-0.15, -0.1) is 0 Å². The van der Waals surface area contributed by atoms with Crippen LogP contribution in [0.1, 0.15) is 6.92 Å². The number of hydrogen-bond donors (Lipinski definition) is 2. The predicted octanol–water partition coefficient (Wildman–Crippen LogP) is 2.65. The minimum atomic E-state index is -0.366. The van der Waals surface area contributed by atoms with Crippen molar-refractivity contribution < 1.29 is 9.59 Å². The number of carbonyl (C=O) groups excluding carboxylic acids is 2. The van der Waals surface area contributed by atoms with Crippen LogP contribution < -0.4 is 16.2 Å². The van der Waals surface area contributed by atoms with E-state index in [1.807, 2.05) is 0 Å². The number of aromatic nitrogens is 2. The minimum Gasteiger partial charge on any atom is -0.326 e. The molecule has 3 rings (SSSR count). The van der Waals surface area contributed by atoms with E-state index in [0.717, 1.165) is 0 Å². The smallest absolute Gasteiger partial charge is 0.261 e. The molecule has 26 heavy (non-hydrogen) atoms. The molecule has 0 aliphatic rings. The second-order valence-electron chi connectivity index (χ2n) is 5.65. The lowest BCUT2D eigenvalue weighted by Crippen LogP contribution is -2.27. The van der Waals surface area contributed by atoms with Gasteiger partial charge in [-0.2, -0.15) is 0 Å². The third-order valence-electron chi connectivity index (χ3n) is 3.59. The molecule has 0 bridgehead atoms. The molecular weight excluding hydrogens is 356 g/mol. The van der Waals surface area contributed by atoms with Crippen LogP contribution in [-0.2, 0) is 16.1 Å². The highest BCUT2D eigenvalue weighted by atomic mass is 35.5. The Bertz CT molecular complexity index is 1040. The predicted molar refractivity (Wildman–Crippen MR) is 100 cm³/mol. The van der Waals surface area contributed by atoms with E-state index in [1.54, 1.807) is 42.5 Å². The Hall–Kier alpha value is -3.19. The van der Waals surface area contributed by atoms with Crippen LogP contribution in [0.3, 0.4) is 0 Å². The number of rotatable bonds is 4. The van der Waals surface area contributed by atoms with Crippen LogP contribution in [0.5, 0.6) is 0 Å². The lowest BCUT2D eigenvalue weighted by molar-refractivity contribution is -0.117. The molecule has 0 atom stereocenters. The van der Waals surface area contributed by atoms with Gasteiger partial charge in [-0.25, -0.2) is 4.98 Å². The topological polar surface area (TPSA) is 93.1 Å². The van der Waals surface area contributed by atoms with Crippen LogP contribution in [0.2, 0.25) is 5.02 Å². The Balaban J connectivity index is 1.73. The van der Waals surface area contributed by atoms with Crippen molar-refractivity contribution in [3.8, 4) is 0 Å². The molecule has 2 N–H and O–H groups in total. The first-order valence-corrected chi connectivity index (χ1v) is 8.12. The molecule has 0 saturated carbocycles. The van der Waals surface area contributed by atoms with Gasteiger partial charge < -0.3 is 10.6 Å². The summed E-state index contributed by atoms with van der Waals surface area (Å²) in [6.07, 6.45) is 1.32. The summed E-state index contributed by atoms with van der Waals surface area (Å²) < 4.78 is 1.23. The fraction of sp³-hybridized carbons (Fsp3) is 0.111. The summed E-state index contributed by atoms with van der Waals surface area (Å²) >= 11 is 5.89. The molecule has 0 fully saturated rings. The molecule has 3 aromatic rings. The fourth-order valence-electron chi connectivity index (χ4n) is 2.44. The van der Waals surface area contributed by atoms with E-state index < -0.39 is 0 Å². The number of halogens is 1. The SMILES string of the molecule is CC(=O)Nc1ccc(NC(=O)Cn2cnc3cc(Cl)ccc3c2=O)cc1. The third kappa shape index (κ3) is 4.07. The van der Waals surface area contributed by atoms with E-state index in [2.05, 4.69) is 15.6 Å². The Morgan fingerprint density at radius 1 is 1.08 bits per heavy atom. The van der Waals surface area contributed by atoms with E-state index in [1.165, 1.54) is 17.8 Å². The summed E-state index contributed by atoms with van der Waals surface area (Å²) in [6.45, 7) is 1.25. The monoisotopic (exact) mass is 370 g/mol. The van der Waals surface area contributed by atoms with Crippen molar-refractivity contribution in [3.05, 3.63) is 64.2 Å². The molecule has 1 aromatic heterocycles. The van der Waals surface area contributed by atoms with Gasteiger partial charge in [0.05, 0.1) is 17.2 Å². The first kappa shape index (κ1) is 17.6. The number of anilines is 2. The first-order valence-electron chi connectivity index (χ1n) is 7.74. The lowest BCUT2D eigenvalue weighted by Gasteiger charge is -2.09. The van der Waals surface area contributed by atoms with Gasteiger partial charge in [0.15, 0.2) is 0 Å². The number of fused-ring (bicyclic) bond motifs is 1. The molecule has 132 valence electrons. The quantitative estimate of drug-likeness (QED) is 0.738. The number of nitrogens with zero attached hydrogens (tertiary/aromatic N) is 2. The van der Waals surface area contributed by atoms with Crippen LogP contribution in [0.4, 0.5) is 11.4 Å². The lowest BCUT2D eigenvalue weighted by atomic mass is 10.2. The molecule has 8 heteroatoms. The van der Waals surface area contributed by atoms with Gasteiger partial charge in [0.1, 0.15) is 6.54 Å². The normalized spacial score (nSPS) is 10.5. The molecule has 0 unspecified atom stereocenters. The van der Waals surface area contributed by atoms with Crippen molar-refractivity contribution in [2.75, 3.05) is 10.6 Å². The summed E-state index contributed by atoms with van der Waals surface area (Å²) in [7, 11) is 0. The van der Waals surface area contributed by atoms with Gasteiger partial charge in [-0.1, -0.05) is 11.6 Å². The summed E-state index contributed by atoms with van der Waals surface area (Å²) in [5, 5.41) is 6.22. The van der Waals surface area contributed by atoms with Gasteiger partial charge in [-0.05, 0) is 42.5 Å². The average Bonchev–Trinajstić information content (AvgIpc) is 2.58. The Kier molecular flexibility index (Phi) is 4.99. The molecule has 0 radical (unpaired) electrons. The van der Waals surface area contributed by atoms with E-state index in [4.69, 9.17) is 11.6 Å². The highest BCUT2D eigenvalue weighted by Gasteiger charge is 2.09. The maximum atomic E-state index is 12.4. The summed E-state index contributed by atoms with van der Waals surface area (Å²) in [5.74, 6) is -0.541. The summed E-state index contributed by atoms with van der Waals surface area (Å²) in [5.41, 5.74) is 1.34. The van der Waals surface area contributed by atoms with Gasteiger partial charge in [0, 0.05) is 23.3 Å². The molecular formula is C18H15ClN4O3. The van der Waals surface area contributed by atoms with Crippen molar-refractivity contribution >= 4 is 45.7 Å². The van der Waals surface area contributed by atoms with Crippen LogP contribution in [-0.4, -0.2) is 21.4 Å². The van der Waals surface area contributed by atoms with Crippen LogP contribution >= 0.6 is 11.6 Å². The second-order valence-corrected chi connectivity index (χ2v) is 6.08. The highest BCUT2D eigenvalue weighted by Crippen LogP contribution is 2.15. The molecule has 0 aliphatic carbocycles. The van der Waals surface area contributed by atoms with Crippen molar-refractivity contribution in [3.63, 3.8) is 0 Å². The zero-order valence-electron chi connectivity index (χ0n) is 13.8. The molecule has 0 aliphatic heterocycles. The van der Waals surface area contributed by atoms with E-state index in [-0.39, 0.29) is 23.9 Å². The highest BCUT2D eigenvalue weighted by molar-refractivity contribution is 6.31. The largest absolute Gasteiger partial charge is 0.326 e. The number of amides is 2. The van der Waals surface area contributed by atoms with Crippen LogP contribution in [0.25, 0.3) is 10.9 Å². The number of nitrogens with one attached hydrogen (secondary N) is 2. The summed E-state index contributed by atoms with van der Waals surface area (Å²) in [4.78, 5) is 39.8. The molecule has 2 amide bonds. The Labute approximate surface area is 153 Å². The molecule has 1 heterocycles. The van der Waals surface area contributed by atoms with Gasteiger partial charge in [0.2, 0.25) is 11.8 Å². The number of benzene rings is 2. The first-order chi connectivity index (χ1) is 12.4. The third-order valence-corrected chi connectivity index (χ3v) is 3.83. The minimum absolute atomic E-state index is 0.169. The number of hydrogen-bond acceptors (Lipinski definition) is 4. The molecule has 0 spiro atoms. The van der Waals surface area contributed by atoms with E-state index in [9.17, 15) is 14.4 Å². The van der Waals surface area contributed by atoms with E-state index >= 15 is 0 Å². The average molecular weight is 371 g/mol. The van der Waals surface area contributed by atoms with E-state index in [0.29, 0.717) is 27.3 Å². The van der Waals surface area contributed by atoms with Crippen LogP contribution in [0.15, 0.2) is 53.6 Å². The second kappa shape index (κ2) is 7.37. The van der Waals surface area contributed by atoms with Crippen molar-refractivity contribution in [2.24, 2.45) is 0 Å². The molecule has 7 nitrogen and oxygen atoms in total. The standard InChI is InChI=1S/C18H15ClN4O3/c1-11(24)21-13-3-5-14(6-4-13)22-17(25)9-23-10-20-16-8-12(19)2-7-15(16)18(23)26/h2-8,10H,9H2,1H3,(H,21,24)(H,22,25). The zero-order chi connectivity index (χ0) is 18.7. The van der Waals surface area contributed by atoms with Crippen molar-refractivity contribution in [1.29, 1.82) is 0 Å². The van der Waals surface area contributed by atoms with Gasteiger partial charge >= 0.3 is 0 Å². The van der Waals surface area contributed by atoms with Crippen molar-refractivity contribution in [1.82, 2.24) is 9.55 Å². The van der Waals surface area contributed by atoms with Crippen LogP contribution in [0, 0.1) is 0 Å². The zero-order valence-corrected chi connectivity index (χ0v) is 14.6. The van der Waals surface area contributed by atoms with Crippen molar-refractivity contribution in [2.45, 2.75) is 13.5 Å². The molecule has 0 saturated heterocycles. The maximum Gasteiger partial charge on any atom is 0.261 e. The maximum absolute atomic E-state index is 12.4. The Morgan fingerprint density at radius 2 is 1.73 bits per heavy atom. The van der Waals surface area contributed by atoms with Gasteiger partial charge in [-0.3, -0.25) is 19.0 Å². The van der Waals surface area contributed by atoms with Gasteiger partial charge in [0.25, 0.3) is 5.56 Å². The summed E-state index contributed by atoms with van der Waals surface area (Å²) in [6, 6.07) is 11.4. The Morgan fingerprint density at radius 3 is 2.38 bits per heavy atom.